The minimum Gasteiger partial charge on any atom is -0.469 e. The molecule has 0 bridgehead atoms. The molecule has 0 fully saturated rings. The highest BCUT2D eigenvalue weighted by Gasteiger charge is 1.75. The van der Waals surface area contributed by atoms with Gasteiger partial charge in [0.1, 0.15) is 0 Å². The van der Waals surface area contributed by atoms with Gasteiger partial charge in [-0.2, -0.15) is 0 Å². The van der Waals surface area contributed by atoms with Crippen LogP contribution in [-0.4, -0.2) is 13.1 Å². The van der Waals surface area contributed by atoms with Crippen LogP contribution in [-0.2, 0) is 9.53 Å². The maximum absolute atomic E-state index is 9.59. The first-order valence-corrected chi connectivity index (χ1v) is 1.32. The maximum atomic E-state index is 9.59. The fourth-order valence-electron chi connectivity index (χ4n) is 0. The first-order valence-electron chi connectivity index (χ1n) is 1.32. The molecule has 2 nitrogen and oxygen atoms in total. The van der Waals surface area contributed by atoms with Gasteiger partial charge in [0.2, 0.25) is 0 Å². The topological polar surface area (TPSA) is 26.3 Å². The Hall–Kier alpha value is -0.740. The quantitative estimate of drug-likeness (QED) is 0.454. The molecule has 0 saturated carbocycles. The van der Waals surface area contributed by atoms with Crippen LogP contribution in [0.15, 0.2) is 0 Å². The van der Waals surface area contributed by atoms with Crippen LogP contribution in [0, 0.1) is 0 Å². The zero-order chi connectivity index (χ0) is 4.28. The lowest BCUT2D eigenvalue weighted by atomic mass is 10.8. The summed E-state index contributed by atoms with van der Waals surface area (Å²) in [6.07, 6.45) is 0. The van der Waals surface area contributed by atoms with Crippen LogP contribution in [0.3, 0.4) is 0 Å². The van der Waals surface area contributed by atoms with E-state index < -0.39 is 0 Å². The number of methoxy groups -OCH3 is 1. The van der Waals surface area contributed by atoms with Crippen molar-refractivity contribution in [3.8, 4) is 0 Å². The molecule has 0 aromatic carbocycles. The number of hydrogen-bond donors (Lipinski definition) is 0. The summed E-state index contributed by atoms with van der Waals surface area (Å²) in [6.45, 7) is 1.36. The Kier molecular flexibility index (Phi) is 54.5. The molecule has 0 aliphatic heterocycles. The highest BCUT2D eigenvalue weighted by molar-refractivity contribution is 5.65. The van der Waals surface area contributed by atoms with Gasteiger partial charge < -0.3 is 4.74 Å². The van der Waals surface area contributed by atoms with Gasteiger partial charge in [0.15, 0.2) is 0 Å². The average Bonchev–Trinajstić information content (AvgIpc) is 1.38. The summed E-state index contributed by atoms with van der Waals surface area (Å²) >= 11 is 0. The highest BCUT2D eigenvalue weighted by atomic mass is 19.0. The van der Waals surface area contributed by atoms with Gasteiger partial charge >= 0.3 is 5.97 Å². The molecule has 0 heterocycles. The highest BCUT2D eigenvalue weighted by Crippen LogP contribution is 1.60. The third kappa shape index (κ3) is 60.1. The normalized spacial score (nSPS) is 4.25. The van der Waals surface area contributed by atoms with Crippen LogP contribution in [0.25, 0.3) is 0 Å². The van der Waals surface area contributed by atoms with E-state index in [0.717, 1.165) is 0 Å². The molecule has 0 atom stereocenters. The molecule has 5 heteroatoms. The van der Waals surface area contributed by atoms with Gasteiger partial charge in [-0.1, -0.05) is 0 Å². The molecule has 0 aromatic rings. The van der Waals surface area contributed by atoms with Crippen molar-refractivity contribution < 1.29 is 23.6 Å². The van der Waals surface area contributed by atoms with Crippen LogP contribution >= 0.6 is 0 Å². The Morgan fingerprint density at radius 3 is 1.38 bits per heavy atom. The molecule has 0 rings (SSSR count). The van der Waals surface area contributed by atoms with Crippen LogP contribution in [0.4, 0.5) is 14.1 Å². The van der Waals surface area contributed by atoms with Crippen molar-refractivity contribution in [1.29, 1.82) is 0 Å². The number of hydrogen-bond acceptors (Lipinski definition) is 2. The van der Waals surface area contributed by atoms with Crippen LogP contribution in [0.5, 0.6) is 0 Å². The zero-order valence-corrected chi connectivity index (χ0v) is 4.54. The summed E-state index contributed by atoms with van der Waals surface area (Å²) in [5.41, 5.74) is 0. The lowest BCUT2D eigenvalue weighted by Crippen LogP contribution is -1.88. The molecule has 0 amide bonds. The Morgan fingerprint density at radius 2 is 1.38 bits per heavy atom. The average molecular weight is 134 g/mol. The smallest absolute Gasteiger partial charge is 0.302 e. The Labute approximate surface area is 44.9 Å². The number of esters is 1. The Morgan fingerprint density at radius 1 is 1.25 bits per heavy atom. The van der Waals surface area contributed by atoms with Gasteiger partial charge in [-0.05, 0) is 0 Å². The molecular weight excluding hydrogens is 125 g/mol. The van der Waals surface area contributed by atoms with E-state index in [1.54, 1.807) is 0 Å². The van der Waals surface area contributed by atoms with E-state index in [9.17, 15) is 4.79 Å². The van der Waals surface area contributed by atoms with Crippen molar-refractivity contribution >= 4 is 5.97 Å². The van der Waals surface area contributed by atoms with E-state index in [0.29, 0.717) is 0 Å². The fourth-order valence-corrected chi connectivity index (χ4v) is 0. The van der Waals surface area contributed by atoms with Crippen molar-refractivity contribution in [3.05, 3.63) is 0 Å². The monoisotopic (exact) mass is 134 g/mol. The van der Waals surface area contributed by atoms with Crippen LogP contribution in [0.2, 0.25) is 0 Å². The molecule has 0 saturated heterocycles. The molecule has 0 N–H and O–H groups in total. The molecule has 0 spiro atoms. The molecular formula is C3H9F3O2. The molecule has 0 aromatic heterocycles. The second-order valence-corrected chi connectivity index (χ2v) is 0.696. The van der Waals surface area contributed by atoms with E-state index in [1.807, 2.05) is 0 Å². The van der Waals surface area contributed by atoms with Gasteiger partial charge in [-0.25, -0.2) is 0 Å². The summed E-state index contributed by atoms with van der Waals surface area (Å²) in [5, 5.41) is 0. The standard InChI is InChI=1S/C3H6O2.3FH/c1-3(4)5-2;;;/h1-2H3;3*1H. The first-order chi connectivity index (χ1) is 2.27. The molecule has 54 valence electrons. The summed E-state index contributed by atoms with van der Waals surface area (Å²) in [4.78, 5) is 9.59. The van der Waals surface area contributed by atoms with E-state index in [1.165, 1.54) is 14.0 Å². The summed E-state index contributed by atoms with van der Waals surface area (Å²) in [6, 6.07) is 0. The molecule has 0 aliphatic rings. The summed E-state index contributed by atoms with van der Waals surface area (Å²) in [7, 11) is 1.35. The minimum atomic E-state index is -0.245. The second-order valence-electron chi connectivity index (χ2n) is 0.696. The number of carbonyl (C=O) groups excluding carboxylic acids is 1. The van der Waals surface area contributed by atoms with E-state index in [4.69, 9.17) is 0 Å². The molecule has 0 unspecified atom stereocenters. The second kappa shape index (κ2) is 16.3. The number of carbonyl (C=O) groups is 1. The number of rotatable bonds is 0. The van der Waals surface area contributed by atoms with Gasteiger partial charge in [-0.3, -0.25) is 18.9 Å². The predicted molar refractivity (Wildman–Crippen MR) is 25.2 cm³/mol. The van der Waals surface area contributed by atoms with Crippen LogP contribution in [0.1, 0.15) is 6.92 Å². The maximum Gasteiger partial charge on any atom is 0.302 e. The largest absolute Gasteiger partial charge is 0.469 e. The van der Waals surface area contributed by atoms with Gasteiger partial charge in [0, 0.05) is 6.92 Å². The Balaban J connectivity index is -0.0000000267. The van der Waals surface area contributed by atoms with Gasteiger partial charge in [0.05, 0.1) is 7.11 Å². The van der Waals surface area contributed by atoms with E-state index in [2.05, 4.69) is 4.74 Å². The minimum absolute atomic E-state index is 0. The van der Waals surface area contributed by atoms with Crippen molar-refractivity contribution in [2.24, 2.45) is 0 Å². The van der Waals surface area contributed by atoms with Gasteiger partial charge in [0.25, 0.3) is 0 Å². The van der Waals surface area contributed by atoms with Crippen molar-refractivity contribution in [2.45, 2.75) is 6.92 Å². The SMILES string of the molecule is COC(C)=O.F.F.F. The molecule has 0 aliphatic carbocycles. The molecule has 0 radical (unpaired) electrons. The first kappa shape index (κ1) is 26.8. The third-order valence-electron chi connectivity index (χ3n) is 0.287. The summed E-state index contributed by atoms with van der Waals surface area (Å²) < 4.78 is 4.11. The van der Waals surface area contributed by atoms with Crippen LogP contribution < -0.4 is 0 Å². The third-order valence-corrected chi connectivity index (χ3v) is 0.287. The molecule has 8 heavy (non-hydrogen) atoms. The number of halogens is 3. The number of ether oxygens (including phenoxy) is 1. The van der Waals surface area contributed by atoms with Crippen molar-refractivity contribution in [3.63, 3.8) is 0 Å². The predicted octanol–water partition coefficient (Wildman–Crippen LogP) is 0.637. The van der Waals surface area contributed by atoms with Crippen molar-refractivity contribution in [2.75, 3.05) is 7.11 Å². The van der Waals surface area contributed by atoms with E-state index in [-0.39, 0.29) is 20.1 Å². The lowest BCUT2D eigenvalue weighted by molar-refractivity contribution is -0.137. The van der Waals surface area contributed by atoms with Gasteiger partial charge in [-0.15, -0.1) is 0 Å². The fraction of sp³-hybridized carbons (Fsp3) is 0.667. The lowest BCUT2D eigenvalue weighted by Gasteiger charge is -1.80. The van der Waals surface area contributed by atoms with E-state index >= 15 is 0 Å². The zero-order valence-electron chi connectivity index (χ0n) is 4.54. The van der Waals surface area contributed by atoms with Crippen molar-refractivity contribution in [1.82, 2.24) is 0 Å². The summed E-state index contributed by atoms with van der Waals surface area (Å²) in [5.74, 6) is -0.245. The Bertz CT molecular complexity index is 47.8.